The van der Waals surface area contributed by atoms with Crippen LogP contribution in [0.15, 0.2) is 47.4 Å². The van der Waals surface area contributed by atoms with Gasteiger partial charge < -0.3 is 9.84 Å². The zero-order valence-corrected chi connectivity index (χ0v) is 17.3. The molecule has 0 spiro atoms. The summed E-state index contributed by atoms with van der Waals surface area (Å²) in [7, 11) is 0. The second-order valence-electron chi connectivity index (χ2n) is 6.20. The molecule has 9 heteroatoms. The third-order valence-electron chi connectivity index (χ3n) is 4.17. The Morgan fingerprint density at radius 1 is 1.20 bits per heavy atom. The SMILES string of the molecule is CCOC(=O)CN1C(=O)S/C(=C\c2cccc(-c3cc(C(=O)O)ccc3Cl)c2)C1=O. The molecule has 7 nitrogen and oxygen atoms in total. The summed E-state index contributed by atoms with van der Waals surface area (Å²) in [6, 6.07) is 11.3. The summed E-state index contributed by atoms with van der Waals surface area (Å²) in [5, 5.41) is 9.04. The van der Waals surface area contributed by atoms with Gasteiger partial charge in [0.2, 0.25) is 0 Å². The van der Waals surface area contributed by atoms with Gasteiger partial charge in [-0.25, -0.2) is 4.79 Å². The molecule has 3 rings (SSSR count). The first kappa shape index (κ1) is 21.6. The van der Waals surface area contributed by atoms with Crippen LogP contribution in [0.2, 0.25) is 5.02 Å². The van der Waals surface area contributed by atoms with E-state index in [2.05, 4.69) is 0 Å². The van der Waals surface area contributed by atoms with Crippen LogP contribution in [0.1, 0.15) is 22.8 Å². The van der Waals surface area contributed by atoms with Crippen LogP contribution in [0.3, 0.4) is 0 Å². The summed E-state index contributed by atoms with van der Waals surface area (Å²) in [5.74, 6) is -2.30. The van der Waals surface area contributed by atoms with E-state index < -0.39 is 29.6 Å². The number of esters is 1. The molecule has 0 radical (unpaired) electrons. The van der Waals surface area contributed by atoms with Gasteiger partial charge in [0.05, 0.1) is 17.1 Å². The zero-order valence-electron chi connectivity index (χ0n) is 15.8. The number of rotatable bonds is 6. The summed E-state index contributed by atoms with van der Waals surface area (Å²) < 4.78 is 4.79. The predicted octanol–water partition coefficient (Wildman–Crippen LogP) is 4.30. The van der Waals surface area contributed by atoms with Gasteiger partial charge in [-0.15, -0.1) is 0 Å². The Hall–Kier alpha value is -3.10. The molecule has 0 atom stereocenters. The first-order valence-corrected chi connectivity index (χ1v) is 10.0. The van der Waals surface area contributed by atoms with Crippen LogP contribution in [0, 0.1) is 0 Å². The van der Waals surface area contributed by atoms with E-state index in [-0.39, 0.29) is 17.1 Å². The minimum Gasteiger partial charge on any atom is -0.478 e. The zero-order chi connectivity index (χ0) is 21.8. The molecular formula is C21H16ClNO6S. The first-order valence-electron chi connectivity index (χ1n) is 8.84. The maximum absolute atomic E-state index is 12.5. The van der Waals surface area contributed by atoms with Gasteiger partial charge >= 0.3 is 11.9 Å². The number of ether oxygens (including phenoxy) is 1. The van der Waals surface area contributed by atoms with E-state index in [4.69, 9.17) is 16.3 Å². The average Bonchev–Trinajstić information content (AvgIpc) is 2.96. The molecule has 1 aliphatic rings. The number of imide groups is 1. The van der Waals surface area contributed by atoms with Gasteiger partial charge in [0, 0.05) is 10.6 Å². The number of amides is 2. The first-order chi connectivity index (χ1) is 14.3. The number of nitrogens with zero attached hydrogens (tertiary/aromatic N) is 1. The molecule has 30 heavy (non-hydrogen) atoms. The summed E-state index contributed by atoms with van der Waals surface area (Å²) in [6.07, 6.45) is 1.54. The fourth-order valence-corrected chi connectivity index (χ4v) is 3.86. The standard InChI is InChI=1S/C21H16ClNO6S/c1-2-29-18(24)11-23-19(25)17(30-21(23)28)9-12-4-3-5-13(8-12)15-10-14(20(26)27)6-7-16(15)22/h3-10H,2,11H2,1H3,(H,26,27)/b17-9-. The Morgan fingerprint density at radius 2 is 1.97 bits per heavy atom. The van der Waals surface area contributed by atoms with Gasteiger partial charge in [0.1, 0.15) is 6.54 Å². The Kier molecular flexibility index (Phi) is 6.59. The van der Waals surface area contributed by atoms with Crippen molar-refractivity contribution >= 4 is 52.5 Å². The molecule has 1 fully saturated rings. The third-order valence-corrected chi connectivity index (χ3v) is 5.41. The molecule has 0 aliphatic carbocycles. The largest absolute Gasteiger partial charge is 0.478 e. The van der Waals surface area contributed by atoms with Crippen LogP contribution < -0.4 is 0 Å². The van der Waals surface area contributed by atoms with E-state index in [1.54, 1.807) is 31.2 Å². The highest BCUT2D eigenvalue weighted by molar-refractivity contribution is 8.18. The number of hydrogen-bond acceptors (Lipinski definition) is 6. The van der Waals surface area contributed by atoms with Crippen molar-refractivity contribution in [3.8, 4) is 11.1 Å². The lowest BCUT2D eigenvalue weighted by Gasteiger charge is -2.10. The third kappa shape index (κ3) is 4.72. The lowest BCUT2D eigenvalue weighted by molar-refractivity contribution is -0.145. The van der Waals surface area contributed by atoms with Gasteiger partial charge in [-0.1, -0.05) is 29.8 Å². The number of carbonyl (C=O) groups is 4. The smallest absolute Gasteiger partial charge is 0.335 e. The summed E-state index contributed by atoms with van der Waals surface area (Å²) in [4.78, 5) is 48.5. The van der Waals surface area contributed by atoms with Crippen molar-refractivity contribution in [2.24, 2.45) is 0 Å². The van der Waals surface area contributed by atoms with Crippen molar-refractivity contribution in [2.75, 3.05) is 13.2 Å². The minimum atomic E-state index is -1.07. The van der Waals surface area contributed by atoms with Crippen LogP contribution >= 0.6 is 23.4 Å². The van der Waals surface area contributed by atoms with E-state index in [0.29, 0.717) is 21.7 Å². The van der Waals surface area contributed by atoms with Crippen LogP contribution in [0.4, 0.5) is 4.79 Å². The minimum absolute atomic E-state index is 0.0971. The monoisotopic (exact) mass is 445 g/mol. The molecule has 2 amide bonds. The molecular weight excluding hydrogens is 430 g/mol. The average molecular weight is 446 g/mol. The number of aromatic carboxylic acids is 1. The highest BCUT2D eigenvalue weighted by Gasteiger charge is 2.36. The van der Waals surface area contributed by atoms with Crippen molar-refractivity contribution < 1.29 is 29.0 Å². The summed E-state index contributed by atoms with van der Waals surface area (Å²) in [5.41, 5.74) is 1.90. The Morgan fingerprint density at radius 3 is 2.67 bits per heavy atom. The van der Waals surface area contributed by atoms with E-state index in [1.165, 1.54) is 24.3 Å². The van der Waals surface area contributed by atoms with E-state index >= 15 is 0 Å². The number of carboxylic acids is 1. The summed E-state index contributed by atoms with van der Waals surface area (Å²) >= 11 is 6.97. The van der Waals surface area contributed by atoms with Crippen LogP contribution in [0.25, 0.3) is 17.2 Å². The molecule has 1 saturated heterocycles. The number of carboxylic acid groups (broad SMARTS) is 1. The van der Waals surface area contributed by atoms with Gasteiger partial charge in [0.15, 0.2) is 0 Å². The fraction of sp³-hybridized carbons (Fsp3) is 0.143. The Balaban J connectivity index is 1.89. The van der Waals surface area contributed by atoms with Crippen molar-refractivity contribution in [3.05, 3.63) is 63.5 Å². The molecule has 0 bridgehead atoms. The van der Waals surface area contributed by atoms with Crippen LogP contribution in [-0.2, 0) is 14.3 Å². The highest BCUT2D eigenvalue weighted by Crippen LogP contribution is 2.34. The molecule has 1 heterocycles. The molecule has 0 unspecified atom stereocenters. The number of halogens is 1. The van der Waals surface area contributed by atoms with E-state index in [0.717, 1.165) is 16.7 Å². The van der Waals surface area contributed by atoms with Gasteiger partial charge in [-0.2, -0.15) is 0 Å². The highest BCUT2D eigenvalue weighted by atomic mass is 35.5. The second-order valence-corrected chi connectivity index (χ2v) is 7.60. The quantitative estimate of drug-likeness (QED) is 0.522. The maximum atomic E-state index is 12.5. The molecule has 2 aromatic rings. The van der Waals surface area contributed by atoms with Gasteiger partial charge in [0.25, 0.3) is 11.1 Å². The van der Waals surface area contributed by atoms with Crippen molar-refractivity contribution in [3.63, 3.8) is 0 Å². The molecule has 1 aliphatic heterocycles. The summed E-state index contributed by atoms with van der Waals surface area (Å²) in [6.45, 7) is 1.35. The van der Waals surface area contributed by atoms with E-state index in [1.807, 2.05) is 0 Å². The predicted molar refractivity (Wildman–Crippen MR) is 113 cm³/mol. The normalized spacial score (nSPS) is 15.0. The fourth-order valence-electron chi connectivity index (χ4n) is 2.80. The lowest BCUT2D eigenvalue weighted by atomic mass is 10.0. The Labute approximate surface area is 181 Å². The Bertz CT molecular complexity index is 1080. The van der Waals surface area contributed by atoms with Crippen molar-refractivity contribution in [1.29, 1.82) is 0 Å². The van der Waals surface area contributed by atoms with Crippen molar-refractivity contribution in [1.82, 2.24) is 4.90 Å². The van der Waals surface area contributed by atoms with Gasteiger partial charge in [-0.3, -0.25) is 19.3 Å². The molecule has 0 aromatic heterocycles. The molecule has 154 valence electrons. The van der Waals surface area contributed by atoms with E-state index in [9.17, 15) is 24.3 Å². The number of carbonyl (C=O) groups excluding carboxylic acids is 3. The number of hydrogen-bond donors (Lipinski definition) is 1. The van der Waals surface area contributed by atoms with Crippen LogP contribution in [-0.4, -0.2) is 46.2 Å². The number of benzene rings is 2. The topological polar surface area (TPSA) is 101 Å². The van der Waals surface area contributed by atoms with Crippen LogP contribution in [0.5, 0.6) is 0 Å². The van der Waals surface area contributed by atoms with Gasteiger partial charge in [-0.05, 0) is 60.2 Å². The second kappa shape index (κ2) is 9.15. The van der Waals surface area contributed by atoms with Crippen molar-refractivity contribution in [2.45, 2.75) is 6.92 Å². The lowest BCUT2D eigenvalue weighted by Crippen LogP contribution is -2.34. The molecule has 2 aromatic carbocycles. The number of thioether (sulfide) groups is 1. The molecule has 1 N–H and O–H groups in total. The molecule has 0 saturated carbocycles. The maximum Gasteiger partial charge on any atom is 0.335 e.